The average Bonchev–Trinajstić information content (AvgIpc) is 3.14. The predicted molar refractivity (Wildman–Crippen MR) is 132 cm³/mol. The highest BCUT2D eigenvalue weighted by atomic mass is 16.5. The van der Waals surface area contributed by atoms with Gasteiger partial charge in [0.15, 0.2) is 0 Å². The van der Waals surface area contributed by atoms with Gasteiger partial charge in [-0.05, 0) is 78.6 Å². The first-order valence-electron chi connectivity index (χ1n) is 11.4. The molecule has 1 aliphatic rings. The number of aliphatic hydroxyl groups is 1. The standard InChI is InChI=1S/C28H25N3O4/c1-4-35-23-10-7-20(15-22(23)17(2)3)26(32)24-25(19-11-13-30-14-12-19)31(28(34)27(24)33)21-8-5-18(16-29)6-9-21/h5-15,17,25,32H,4H2,1-3H3/b26-24-. The zero-order valence-electron chi connectivity index (χ0n) is 19.7. The van der Waals surface area contributed by atoms with E-state index < -0.39 is 17.7 Å². The number of hydrogen-bond acceptors (Lipinski definition) is 6. The molecule has 176 valence electrons. The minimum Gasteiger partial charge on any atom is -0.507 e. The van der Waals surface area contributed by atoms with Crippen molar-refractivity contribution in [2.45, 2.75) is 32.7 Å². The Kier molecular flexibility index (Phi) is 6.65. The smallest absolute Gasteiger partial charge is 0.300 e. The molecule has 0 radical (unpaired) electrons. The van der Waals surface area contributed by atoms with Gasteiger partial charge in [0.2, 0.25) is 0 Å². The van der Waals surface area contributed by atoms with E-state index in [1.165, 1.54) is 4.90 Å². The molecular formula is C28H25N3O4. The number of anilines is 1. The van der Waals surface area contributed by atoms with E-state index in [2.05, 4.69) is 4.98 Å². The number of benzene rings is 2. The largest absolute Gasteiger partial charge is 0.507 e. The van der Waals surface area contributed by atoms with Crippen molar-refractivity contribution >= 4 is 23.1 Å². The summed E-state index contributed by atoms with van der Waals surface area (Å²) in [4.78, 5) is 31.9. The molecule has 7 heteroatoms. The molecule has 0 bridgehead atoms. The van der Waals surface area contributed by atoms with Gasteiger partial charge in [0.05, 0.1) is 29.9 Å². The Morgan fingerprint density at radius 2 is 1.80 bits per heavy atom. The summed E-state index contributed by atoms with van der Waals surface area (Å²) in [7, 11) is 0. The molecule has 2 heterocycles. The molecule has 1 saturated heterocycles. The van der Waals surface area contributed by atoms with E-state index in [4.69, 9.17) is 10.00 Å². The van der Waals surface area contributed by atoms with E-state index in [1.54, 1.807) is 67.0 Å². The van der Waals surface area contributed by atoms with Gasteiger partial charge in [0, 0.05) is 23.6 Å². The molecule has 1 amide bonds. The zero-order valence-corrected chi connectivity index (χ0v) is 19.7. The lowest BCUT2D eigenvalue weighted by atomic mass is 9.93. The molecule has 1 N–H and O–H groups in total. The second-order valence-corrected chi connectivity index (χ2v) is 8.45. The van der Waals surface area contributed by atoms with Gasteiger partial charge in [-0.2, -0.15) is 5.26 Å². The van der Waals surface area contributed by atoms with Crippen LogP contribution in [0.1, 0.15) is 55.0 Å². The number of Topliss-reactive ketones (excluding diaryl/α,β-unsaturated/α-hetero) is 1. The van der Waals surface area contributed by atoms with Crippen LogP contribution >= 0.6 is 0 Å². The Hall–Kier alpha value is -4.44. The number of ketones is 1. The second kappa shape index (κ2) is 9.82. The molecule has 3 aromatic rings. The van der Waals surface area contributed by atoms with Gasteiger partial charge in [-0.3, -0.25) is 19.5 Å². The monoisotopic (exact) mass is 467 g/mol. The van der Waals surface area contributed by atoms with E-state index in [0.717, 1.165) is 5.56 Å². The van der Waals surface area contributed by atoms with E-state index in [0.29, 0.717) is 34.7 Å². The Labute approximate surface area is 203 Å². The average molecular weight is 468 g/mol. The fourth-order valence-electron chi connectivity index (χ4n) is 4.25. The number of ether oxygens (including phenoxy) is 1. The fraction of sp³-hybridized carbons (Fsp3) is 0.214. The van der Waals surface area contributed by atoms with Gasteiger partial charge in [-0.25, -0.2) is 0 Å². The molecule has 7 nitrogen and oxygen atoms in total. The topological polar surface area (TPSA) is 104 Å². The third-order valence-corrected chi connectivity index (χ3v) is 5.95. The normalized spacial score (nSPS) is 17.0. The van der Waals surface area contributed by atoms with Gasteiger partial charge in [0.1, 0.15) is 11.5 Å². The summed E-state index contributed by atoms with van der Waals surface area (Å²) in [5.74, 6) is -0.975. The summed E-state index contributed by atoms with van der Waals surface area (Å²) in [6.45, 7) is 6.44. The van der Waals surface area contributed by atoms with Crippen molar-refractivity contribution in [1.82, 2.24) is 4.98 Å². The van der Waals surface area contributed by atoms with Crippen LogP contribution in [0.4, 0.5) is 5.69 Å². The van der Waals surface area contributed by atoms with Crippen molar-refractivity contribution in [2.75, 3.05) is 11.5 Å². The maximum absolute atomic E-state index is 13.3. The quantitative estimate of drug-likeness (QED) is 0.307. The number of hydrogen-bond donors (Lipinski definition) is 1. The minimum atomic E-state index is -0.861. The number of aromatic nitrogens is 1. The van der Waals surface area contributed by atoms with Gasteiger partial charge >= 0.3 is 0 Å². The van der Waals surface area contributed by atoms with Gasteiger partial charge in [-0.1, -0.05) is 13.8 Å². The van der Waals surface area contributed by atoms with Crippen LogP contribution in [-0.4, -0.2) is 28.4 Å². The predicted octanol–water partition coefficient (Wildman–Crippen LogP) is 5.10. The first-order chi connectivity index (χ1) is 16.9. The van der Waals surface area contributed by atoms with Gasteiger partial charge in [-0.15, -0.1) is 0 Å². The summed E-state index contributed by atoms with van der Waals surface area (Å²) >= 11 is 0. The summed E-state index contributed by atoms with van der Waals surface area (Å²) in [6.07, 6.45) is 3.14. The van der Waals surface area contributed by atoms with Gasteiger partial charge in [0.25, 0.3) is 11.7 Å². The maximum Gasteiger partial charge on any atom is 0.300 e. The summed E-state index contributed by atoms with van der Waals surface area (Å²) in [6, 6.07) is 16.2. The van der Waals surface area contributed by atoms with Crippen molar-refractivity contribution in [1.29, 1.82) is 5.26 Å². The van der Waals surface area contributed by atoms with Crippen LogP contribution in [0.5, 0.6) is 5.75 Å². The minimum absolute atomic E-state index is 0.00979. The van der Waals surface area contributed by atoms with Crippen LogP contribution in [0.2, 0.25) is 0 Å². The van der Waals surface area contributed by atoms with E-state index >= 15 is 0 Å². The lowest BCUT2D eigenvalue weighted by molar-refractivity contribution is -0.132. The molecule has 0 aliphatic carbocycles. The molecular weight excluding hydrogens is 442 g/mol. The SMILES string of the molecule is CCOc1ccc(/C(O)=C2/C(=O)C(=O)N(c3ccc(C#N)cc3)C2c2ccncc2)cc1C(C)C. The van der Waals surface area contributed by atoms with E-state index in [-0.39, 0.29) is 17.3 Å². The molecule has 2 aromatic carbocycles. The summed E-state index contributed by atoms with van der Waals surface area (Å²) in [5, 5.41) is 20.5. The highest BCUT2D eigenvalue weighted by Crippen LogP contribution is 2.42. The lowest BCUT2D eigenvalue weighted by Crippen LogP contribution is -2.29. The highest BCUT2D eigenvalue weighted by molar-refractivity contribution is 6.51. The first-order valence-corrected chi connectivity index (χ1v) is 11.4. The van der Waals surface area contributed by atoms with Crippen molar-refractivity contribution in [3.05, 3.63) is 94.8 Å². The molecule has 1 atom stereocenters. The number of carbonyl (C=O) groups excluding carboxylic acids is 2. The maximum atomic E-state index is 13.3. The number of aliphatic hydroxyl groups excluding tert-OH is 1. The second-order valence-electron chi connectivity index (χ2n) is 8.45. The number of amides is 1. The molecule has 1 aliphatic heterocycles. The summed E-state index contributed by atoms with van der Waals surface area (Å²) in [5.41, 5.74) is 2.80. The van der Waals surface area contributed by atoms with Crippen molar-refractivity contribution in [3.8, 4) is 11.8 Å². The number of nitrogens with zero attached hydrogens (tertiary/aromatic N) is 3. The Balaban J connectivity index is 1.91. The van der Waals surface area contributed by atoms with Gasteiger partial charge < -0.3 is 9.84 Å². The third kappa shape index (κ3) is 4.38. The van der Waals surface area contributed by atoms with Crippen LogP contribution in [0.3, 0.4) is 0 Å². The molecule has 0 spiro atoms. The fourth-order valence-corrected chi connectivity index (χ4v) is 4.25. The Bertz CT molecular complexity index is 1340. The molecule has 1 unspecified atom stereocenters. The van der Waals surface area contributed by atoms with Crippen LogP contribution < -0.4 is 9.64 Å². The number of carbonyl (C=O) groups is 2. The number of nitriles is 1. The van der Waals surface area contributed by atoms with Crippen LogP contribution in [-0.2, 0) is 9.59 Å². The molecule has 0 saturated carbocycles. The van der Waals surface area contributed by atoms with E-state index in [9.17, 15) is 14.7 Å². The van der Waals surface area contributed by atoms with Crippen molar-refractivity contribution < 1.29 is 19.4 Å². The lowest BCUT2D eigenvalue weighted by Gasteiger charge is -2.25. The number of rotatable bonds is 6. The first kappa shape index (κ1) is 23.7. The Morgan fingerprint density at radius 3 is 2.40 bits per heavy atom. The van der Waals surface area contributed by atoms with Crippen LogP contribution in [0, 0.1) is 11.3 Å². The van der Waals surface area contributed by atoms with Crippen LogP contribution in [0.15, 0.2) is 72.6 Å². The van der Waals surface area contributed by atoms with Crippen LogP contribution in [0.25, 0.3) is 5.76 Å². The highest BCUT2D eigenvalue weighted by Gasteiger charge is 2.47. The summed E-state index contributed by atoms with van der Waals surface area (Å²) < 4.78 is 5.72. The van der Waals surface area contributed by atoms with Crippen molar-refractivity contribution in [3.63, 3.8) is 0 Å². The van der Waals surface area contributed by atoms with E-state index in [1.807, 2.05) is 26.8 Å². The molecule has 1 aromatic heterocycles. The third-order valence-electron chi connectivity index (χ3n) is 5.95. The molecule has 1 fully saturated rings. The number of pyridine rings is 1. The molecule has 35 heavy (non-hydrogen) atoms. The Morgan fingerprint density at radius 1 is 1.11 bits per heavy atom. The molecule has 4 rings (SSSR count). The zero-order chi connectivity index (χ0) is 25.1. The van der Waals surface area contributed by atoms with Crippen molar-refractivity contribution in [2.24, 2.45) is 0 Å².